The molecule has 3 aromatic carbocycles. The summed E-state index contributed by atoms with van der Waals surface area (Å²) in [5.74, 6) is 0.695. The Morgan fingerprint density at radius 3 is 2.56 bits per heavy atom. The van der Waals surface area contributed by atoms with Crippen LogP contribution in [0.3, 0.4) is 0 Å². The molecule has 0 aliphatic rings. The molecule has 7 nitrogen and oxygen atoms in total. The van der Waals surface area contributed by atoms with E-state index in [1.54, 1.807) is 11.8 Å². The van der Waals surface area contributed by atoms with Crippen molar-refractivity contribution < 1.29 is 9.53 Å². The van der Waals surface area contributed by atoms with Gasteiger partial charge in [-0.05, 0) is 41.0 Å². The van der Waals surface area contributed by atoms with Crippen molar-refractivity contribution in [3.8, 4) is 16.9 Å². The molecule has 4 rings (SSSR count). The standard InChI is InChI=1S/C25H25N5O2/c1-32-22-11-7-18(8-12-22)16-30-17-21(28-29-30)10-14-25(31)27-24-15-20(9-13-23(24)26)19-5-3-2-4-6-19/h2-9,11-13,15,17H,10,14,16,26H2,1H3,(H,27,31). The van der Waals surface area contributed by atoms with Crippen LogP contribution in [0.2, 0.25) is 0 Å². The van der Waals surface area contributed by atoms with Crippen LogP contribution in [-0.4, -0.2) is 28.0 Å². The van der Waals surface area contributed by atoms with Crippen molar-refractivity contribution in [3.63, 3.8) is 0 Å². The maximum absolute atomic E-state index is 12.5. The van der Waals surface area contributed by atoms with Gasteiger partial charge in [-0.25, -0.2) is 4.68 Å². The van der Waals surface area contributed by atoms with Crippen LogP contribution in [0.25, 0.3) is 11.1 Å². The van der Waals surface area contributed by atoms with Gasteiger partial charge in [-0.1, -0.05) is 53.7 Å². The Labute approximate surface area is 186 Å². The van der Waals surface area contributed by atoms with Crippen molar-refractivity contribution in [2.75, 3.05) is 18.2 Å². The molecule has 0 radical (unpaired) electrons. The number of amides is 1. The van der Waals surface area contributed by atoms with Crippen LogP contribution in [0.1, 0.15) is 17.7 Å². The third-order valence-electron chi connectivity index (χ3n) is 5.13. The van der Waals surface area contributed by atoms with Crippen LogP contribution in [0, 0.1) is 0 Å². The van der Waals surface area contributed by atoms with E-state index in [1.807, 2.05) is 79.0 Å². The minimum atomic E-state index is -0.119. The molecule has 1 heterocycles. The van der Waals surface area contributed by atoms with Crippen molar-refractivity contribution in [2.45, 2.75) is 19.4 Å². The zero-order chi connectivity index (χ0) is 22.3. The van der Waals surface area contributed by atoms with Gasteiger partial charge in [-0.3, -0.25) is 4.79 Å². The summed E-state index contributed by atoms with van der Waals surface area (Å²) in [6.07, 6.45) is 2.64. The quantitative estimate of drug-likeness (QED) is 0.412. The van der Waals surface area contributed by atoms with Crippen LogP contribution >= 0.6 is 0 Å². The van der Waals surface area contributed by atoms with Crippen LogP contribution in [0.5, 0.6) is 5.75 Å². The number of hydrogen-bond donors (Lipinski definition) is 2. The first-order valence-electron chi connectivity index (χ1n) is 10.4. The SMILES string of the molecule is COc1ccc(Cn2cc(CCC(=O)Nc3cc(-c4ccccc4)ccc3N)nn2)cc1. The number of nitrogens with one attached hydrogen (secondary N) is 1. The number of methoxy groups -OCH3 is 1. The number of nitrogen functional groups attached to an aromatic ring is 1. The molecule has 32 heavy (non-hydrogen) atoms. The fourth-order valence-corrected chi connectivity index (χ4v) is 3.38. The van der Waals surface area contributed by atoms with Gasteiger partial charge in [0.1, 0.15) is 5.75 Å². The number of anilines is 2. The Morgan fingerprint density at radius 2 is 1.81 bits per heavy atom. The molecule has 1 amide bonds. The van der Waals surface area contributed by atoms with Crippen molar-refractivity contribution in [2.24, 2.45) is 0 Å². The smallest absolute Gasteiger partial charge is 0.224 e. The Hall–Kier alpha value is -4.13. The molecule has 0 atom stereocenters. The normalized spacial score (nSPS) is 10.7. The zero-order valence-corrected chi connectivity index (χ0v) is 17.9. The summed E-state index contributed by atoms with van der Waals surface area (Å²) < 4.78 is 6.94. The van der Waals surface area contributed by atoms with E-state index >= 15 is 0 Å². The minimum absolute atomic E-state index is 0.119. The Morgan fingerprint density at radius 1 is 1.03 bits per heavy atom. The molecule has 1 aromatic heterocycles. The molecule has 4 aromatic rings. The molecule has 3 N–H and O–H groups in total. The maximum Gasteiger partial charge on any atom is 0.224 e. The van der Waals surface area contributed by atoms with Gasteiger partial charge >= 0.3 is 0 Å². The van der Waals surface area contributed by atoms with E-state index in [-0.39, 0.29) is 12.3 Å². The Balaban J connectivity index is 1.33. The number of aromatic nitrogens is 3. The molecule has 162 valence electrons. The summed E-state index contributed by atoms with van der Waals surface area (Å²) in [4.78, 5) is 12.5. The summed E-state index contributed by atoms with van der Waals surface area (Å²) in [6.45, 7) is 0.603. The molecular formula is C25H25N5O2. The topological polar surface area (TPSA) is 95.1 Å². The second-order valence-corrected chi connectivity index (χ2v) is 7.47. The second kappa shape index (κ2) is 9.78. The number of carbonyl (C=O) groups excluding carboxylic acids is 1. The predicted molar refractivity (Wildman–Crippen MR) is 125 cm³/mol. The molecule has 0 fully saturated rings. The van der Waals surface area contributed by atoms with Crippen molar-refractivity contribution in [1.29, 1.82) is 0 Å². The number of rotatable bonds is 8. The average molecular weight is 428 g/mol. The highest BCUT2D eigenvalue weighted by Gasteiger charge is 2.10. The van der Waals surface area contributed by atoms with Crippen LogP contribution in [-0.2, 0) is 17.8 Å². The number of nitrogens with two attached hydrogens (primary N) is 1. The van der Waals surface area contributed by atoms with Crippen LogP contribution in [0.4, 0.5) is 11.4 Å². The molecule has 7 heteroatoms. The lowest BCUT2D eigenvalue weighted by atomic mass is 10.0. The van der Waals surface area contributed by atoms with Gasteiger partial charge in [0.15, 0.2) is 0 Å². The number of aryl methyl sites for hydroxylation is 1. The summed E-state index contributed by atoms with van der Waals surface area (Å²) in [6, 6.07) is 23.4. The average Bonchev–Trinajstić information content (AvgIpc) is 3.27. The van der Waals surface area contributed by atoms with Gasteiger partial charge in [-0.15, -0.1) is 5.10 Å². The van der Waals surface area contributed by atoms with Gasteiger partial charge in [-0.2, -0.15) is 0 Å². The van der Waals surface area contributed by atoms with Crippen molar-refractivity contribution in [1.82, 2.24) is 15.0 Å². The fraction of sp³-hybridized carbons (Fsp3) is 0.160. The van der Waals surface area contributed by atoms with Crippen molar-refractivity contribution in [3.05, 3.63) is 90.3 Å². The molecule has 0 saturated heterocycles. The second-order valence-electron chi connectivity index (χ2n) is 7.47. The van der Waals surface area contributed by atoms with E-state index in [2.05, 4.69) is 15.6 Å². The Bertz CT molecular complexity index is 1190. The van der Waals surface area contributed by atoms with Crippen LogP contribution < -0.4 is 15.8 Å². The third kappa shape index (κ3) is 5.31. The van der Waals surface area contributed by atoms with E-state index in [9.17, 15) is 4.79 Å². The number of ether oxygens (including phenoxy) is 1. The lowest BCUT2D eigenvalue weighted by Crippen LogP contribution is -2.13. The summed E-state index contributed by atoms with van der Waals surface area (Å²) in [5.41, 5.74) is 11.1. The highest BCUT2D eigenvalue weighted by Crippen LogP contribution is 2.27. The monoisotopic (exact) mass is 427 g/mol. The molecule has 0 saturated carbocycles. The van der Waals surface area contributed by atoms with E-state index < -0.39 is 0 Å². The number of hydrogen-bond acceptors (Lipinski definition) is 5. The van der Waals surface area contributed by atoms with E-state index in [0.29, 0.717) is 24.3 Å². The number of carbonyl (C=O) groups is 1. The van der Waals surface area contributed by atoms with E-state index in [4.69, 9.17) is 10.5 Å². The lowest BCUT2D eigenvalue weighted by Gasteiger charge is -2.10. The molecule has 0 spiro atoms. The largest absolute Gasteiger partial charge is 0.497 e. The highest BCUT2D eigenvalue weighted by molar-refractivity contribution is 5.95. The minimum Gasteiger partial charge on any atom is -0.497 e. The Kier molecular flexibility index (Phi) is 6.46. The van der Waals surface area contributed by atoms with E-state index in [0.717, 1.165) is 28.1 Å². The van der Waals surface area contributed by atoms with Gasteiger partial charge in [0.05, 0.1) is 30.7 Å². The van der Waals surface area contributed by atoms with Gasteiger partial charge in [0.25, 0.3) is 0 Å². The molecular weight excluding hydrogens is 402 g/mol. The number of benzene rings is 3. The highest BCUT2D eigenvalue weighted by atomic mass is 16.5. The first-order chi connectivity index (χ1) is 15.6. The predicted octanol–water partition coefficient (Wildman–Crippen LogP) is 4.16. The molecule has 0 unspecified atom stereocenters. The van der Waals surface area contributed by atoms with Gasteiger partial charge < -0.3 is 15.8 Å². The zero-order valence-electron chi connectivity index (χ0n) is 17.9. The molecule has 0 aliphatic carbocycles. The van der Waals surface area contributed by atoms with E-state index in [1.165, 1.54) is 0 Å². The fourth-order valence-electron chi connectivity index (χ4n) is 3.38. The number of nitrogens with zero attached hydrogens (tertiary/aromatic N) is 3. The van der Waals surface area contributed by atoms with Gasteiger partial charge in [0, 0.05) is 19.0 Å². The van der Waals surface area contributed by atoms with Gasteiger partial charge in [0.2, 0.25) is 5.91 Å². The third-order valence-corrected chi connectivity index (χ3v) is 5.13. The van der Waals surface area contributed by atoms with Crippen LogP contribution in [0.15, 0.2) is 79.0 Å². The molecule has 0 aliphatic heterocycles. The first kappa shape index (κ1) is 21.1. The summed E-state index contributed by atoms with van der Waals surface area (Å²) in [5, 5.41) is 11.3. The summed E-state index contributed by atoms with van der Waals surface area (Å²) >= 11 is 0. The van der Waals surface area contributed by atoms with Crippen molar-refractivity contribution >= 4 is 17.3 Å². The first-order valence-corrected chi connectivity index (χ1v) is 10.4. The summed E-state index contributed by atoms with van der Waals surface area (Å²) in [7, 11) is 1.64. The molecule has 0 bridgehead atoms. The lowest BCUT2D eigenvalue weighted by molar-refractivity contribution is -0.116. The maximum atomic E-state index is 12.5.